The first-order chi connectivity index (χ1) is 15.9. The summed E-state index contributed by atoms with van der Waals surface area (Å²) in [5, 5.41) is 16.0. The Hall–Kier alpha value is -4.17. The molecular weight excluding hydrogens is 444 g/mol. The van der Waals surface area contributed by atoms with Crippen LogP contribution in [0.4, 0.5) is 0 Å². The Morgan fingerprint density at radius 3 is 2.70 bits per heavy atom. The Kier molecular flexibility index (Phi) is 6.37. The van der Waals surface area contributed by atoms with Crippen LogP contribution in [0, 0.1) is 6.92 Å². The van der Waals surface area contributed by atoms with Crippen molar-refractivity contribution in [1.82, 2.24) is 15.0 Å². The maximum Gasteiger partial charge on any atom is 0.277 e. The average Bonchev–Trinajstić information content (AvgIpc) is 2.81. The van der Waals surface area contributed by atoms with Gasteiger partial charge in [-0.05, 0) is 42.8 Å². The third-order valence-electron chi connectivity index (χ3n) is 4.79. The van der Waals surface area contributed by atoms with Crippen LogP contribution in [-0.4, -0.2) is 33.4 Å². The molecule has 0 radical (unpaired) electrons. The third-order valence-corrected chi connectivity index (χ3v) is 5.01. The molecular formula is C24H19ClN4O4. The summed E-state index contributed by atoms with van der Waals surface area (Å²) in [5.74, 6) is -0.0926. The summed E-state index contributed by atoms with van der Waals surface area (Å²) in [6.45, 7) is 1.69. The number of aromatic hydroxyl groups is 1. The van der Waals surface area contributed by atoms with Crippen molar-refractivity contribution in [3.63, 3.8) is 0 Å². The van der Waals surface area contributed by atoms with Crippen LogP contribution in [0.3, 0.4) is 0 Å². The number of ether oxygens (including phenoxy) is 1. The highest BCUT2D eigenvalue weighted by atomic mass is 35.5. The molecule has 166 valence electrons. The van der Waals surface area contributed by atoms with Crippen molar-refractivity contribution in [2.45, 2.75) is 6.92 Å². The van der Waals surface area contributed by atoms with E-state index >= 15 is 0 Å². The zero-order chi connectivity index (χ0) is 23.4. The number of carbonyl (C=O) groups is 1. The second kappa shape index (κ2) is 9.54. The van der Waals surface area contributed by atoms with Gasteiger partial charge in [-0.2, -0.15) is 5.10 Å². The lowest BCUT2D eigenvalue weighted by molar-refractivity contribution is -0.123. The summed E-state index contributed by atoms with van der Waals surface area (Å²) in [5.41, 5.74) is 3.16. The number of benzene rings is 2. The Morgan fingerprint density at radius 2 is 1.97 bits per heavy atom. The lowest BCUT2D eigenvalue weighted by Gasteiger charge is -2.13. The first kappa shape index (κ1) is 22.0. The maximum absolute atomic E-state index is 13.0. The molecule has 33 heavy (non-hydrogen) atoms. The van der Waals surface area contributed by atoms with Crippen LogP contribution in [0.1, 0.15) is 11.1 Å². The van der Waals surface area contributed by atoms with Gasteiger partial charge in [-0.25, -0.2) is 15.0 Å². The molecule has 0 atom stereocenters. The Bertz CT molecular complexity index is 1410. The number of fused-ring (bicyclic) bond motifs is 1. The molecule has 8 nitrogen and oxygen atoms in total. The third kappa shape index (κ3) is 4.86. The molecule has 0 aliphatic carbocycles. The predicted molar refractivity (Wildman–Crippen MR) is 126 cm³/mol. The summed E-state index contributed by atoms with van der Waals surface area (Å²) in [4.78, 5) is 29.3. The fourth-order valence-electron chi connectivity index (χ4n) is 3.26. The number of nitrogens with zero attached hydrogens (tertiary/aromatic N) is 3. The molecule has 1 amide bonds. The number of pyridine rings is 2. The second-order valence-electron chi connectivity index (χ2n) is 7.16. The van der Waals surface area contributed by atoms with E-state index in [2.05, 4.69) is 15.5 Å². The Morgan fingerprint density at radius 1 is 1.18 bits per heavy atom. The number of aryl methyl sites for hydroxylation is 1. The van der Waals surface area contributed by atoms with Gasteiger partial charge in [0.1, 0.15) is 11.6 Å². The van der Waals surface area contributed by atoms with E-state index in [1.54, 1.807) is 36.4 Å². The fraction of sp³-hybridized carbons (Fsp3) is 0.0833. The van der Waals surface area contributed by atoms with Crippen LogP contribution >= 0.6 is 11.6 Å². The van der Waals surface area contributed by atoms with E-state index in [4.69, 9.17) is 16.3 Å². The normalized spacial score (nSPS) is 11.1. The van der Waals surface area contributed by atoms with Gasteiger partial charge in [0.2, 0.25) is 5.88 Å². The summed E-state index contributed by atoms with van der Waals surface area (Å²) in [7, 11) is 0. The van der Waals surface area contributed by atoms with Crippen molar-refractivity contribution < 1.29 is 14.6 Å². The topological polar surface area (TPSA) is 106 Å². The molecule has 0 saturated heterocycles. The van der Waals surface area contributed by atoms with Crippen molar-refractivity contribution >= 4 is 34.5 Å². The molecule has 0 fully saturated rings. The van der Waals surface area contributed by atoms with Gasteiger partial charge in [0.25, 0.3) is 11.5 Å². The molecule has 0 aliphatic rings. The SMILES string of the molecule is Cc1cccc(OCC(=O)NN=Cc2c(O)n(-c3ccc(Cl)cn3)c(=O)c3ccccc23)c1. The quantitative estimate of drug-likeness (QED) is 0.336. The zero-order valence-corrected chi connectivity index (χ0v) is 18.3. The molecule has 2 N–H and O–H groups in total. The molecule has 2 aromatic heterocycles. The van der Waals surface area contributed by atoms with Crippen LogP contribution in [-0.2, 0) is 4.79 Å². The smallest absolute Gasteiger partial charge is 0.277 e. The fourth-order valence-corrected chi connectivity index (χ4v) is 3.37. The van der Waals surface area contributed by atoms with E-state index in [0.717, 1.165) is 10.1 Å². The predicted octanol–water partition coefficient (Wildman–Crippen LogP) is 3.58. The van der Waals surface area contributed by atoms with Crippen molar-refractivity contribution in [3.05, 3.63) is 93.4 Å². The minimum Gasteiger partial charge on any atom is -0.494 e. The molecule has 0 unspecified atom stereocenters. The summed E-state index contributed by atoms with van der Waals surface area (Å²) >= 11 is 5.89. The maximum atomic E-state index is 13.0. The number of amides is 1. The monoisotopic (exact) mass is 462 g/mol. The van der Waals surface area contributed by atoms with Crippen molar-refractivity contribution in [3.8, 4) is 17.4 Å². The summed E-state index contributed by atoms with van der Waals surface area (Å²) in [6, 6.07) is 17.2. The van der Waals surface area contributed by atoms with Crippen molar-refractivity contribution in [1.29, 1.82) is 0 Å². The van der Waals surface area contributed by atoms with Crippen molar-refractivity contribution in [2.24, 2.45) is 5.10 Å². The number of nitrogens with one attached hydrogen (secondary N) is 1. The number of carbonyl (C=O) groups excluding carboxylic acids is 1. The van der Waals surface area contributed by atoms with Gasteiger partial charge in [0.05, 0.1) is 16.8 Å². The van der Waals surface area contributed by atoms with Gasteiger partial charge in [-0.3, -0.25) is 9.59 Å². The molecule has 9 heteroatoms. The lowest BCUT2D eigenvalue weighted by Crippen LogP contribution is -2.25. The molecule has 4 rings (SSSR count). The molecule has 2 heterocycles. The number of rotatable bonds is 6. The average molecular weight is 463 g/mol. The van der Waals surface area contributed by atoms with Gasteiger partial charge < -0.3 is 9.84 Å². The van der Waals surface area contributed by atoms with Gasteiger partial charge in [-0.15, -0.1) is 0 Å². The molecule has 0 spiro atoms. The van der Waals surface area contributed by atoms with Crippen LogP contribution in [0.25, 0.3) is 16.6 Å². The highest BCUT2D eigenvalue weighted by Crippen LogP contribution is 2.25. The van der Waals surface area contributed by atoms with Crippen LogP contribution in [0.5, 0.6) is 11.6 Å². The van der Waals surface area contributed by atoms with Crippen LogP contribution in [0.2, 0.25) is 5.02 Å². The zero-order valence-electron chi connectivity index (χ0n) is 17.5. The van der Waals surface area contributed by atoms with E-state index in [-0.39, 0.29) is 23.9 Å². The highest BCUT2D eigenvalue weighted by Gasteiger charge is 2.17. The summed E-state index contributed by atoms with van der Waals surface area (Å²) in [6.07, 6.45) is 2.65. The van der Waals surface area contributed by atoms with Crippen LogP contribution < -0.4 is 15.7 Å². The Balaban J connectivity index is 1.61. The van der Waals surface area contributed by atoms with E-state index in [9.17, 15) is 14.7 Å². The number of halogens is 1. The van der Waals surface area contributed by atoms with E-state index in [1.807, 2.05) is 25.1 Å². The molecule has 0 aliphatic heterocycles. The second-order valence-corrected chi connectivity index (χ2v) is 7.59. The Labute approximate surface area is 193 Å². The van der Waals surface area contributed by atoms with E-state index < -0.39 is 11.5 Å². The molecule has 0 bridgehead atoms. The molecule has 0 saturated carbocycles. The standard InChI is InChI=1S/C24H19ClN4O4/c1-15-5-4-6-17(11-15)33-14-22(30)28-27-13-20-18-7-2-3-8-19(18)23(31)29(24(20)32)21-10-9-16(25)12-26-21/h2-13,32H,14H2,1H3,(H,28,30). The molecule has 4 aromatic rings. The number of aromatic nitrogens is 2. The van der Waals surface area contributed by atoms with Gasteiger partial charge >= 0.3 is 0 Å². The lowest BCUT2D eigenvalue weighted by atomic mass is 10.1. The van der Waals surface area contributed by atoms with Gasteiger partial charge in [-0.1, -0.05) is 41.9 Å². The largest absolute Gasteiger partial charge is 0.494 e. The van der Waals surface area contributed by atoms with E-state index in [1.165, 1.54) is 18.5 Å². The number of hydrogen-bond donors (Lipinski definition) is 2. The van der Waals surface area contributed by atoms with Crippen LogP contribution in [0.15, 0.2) is 76.8 Å². The number of hydrazone groups is 1. The van der Waals surface area contributed by atoms with Gasteiger partial charge in [0.15, 0.2) is 6.61 Å². The minimum absolute atomic E-state index is 0.192. The molecule has 2 aromatic carbocycles. The first-order valence-corrected chi connectivity index (χ1v) is 10.3. The van der Waals surface area contributed by atoms with Gasteiger partial charge in [0, 0.05) is 17.0 Å². The van der Waals surface area contributed by atoms with Crippen molar-refractivity contribution in [2.75, 3.05) is 6.61 Å². The highest BCUT2D eigenvalue weighted by molar-refractivity contribution is 6.30. The first-order valence-electron chi connectivity index (χ1n) is 9.94. The number of hydrogen-bond acceptors (Lipinski definition) is 6. The van der Waals surface area contributed by atoms with E-state index in [0.29, 0.717) is 21.5 Å². The summed E-state index contributed by atoms with van der Waals surface area (Å²) < 4.78 is 6.51. The minimum atomic E-state index is -0.482.